The fraction of sp³-hybridized carbons (Fsp3) is 0. The summed E-state index contributed by atoms with van der Waals surface area (Å²) >= 11 is 10.1. The van der Waals surface area contributed by atoms with E-state index in [9.17, 15) is 4.21 Å². The molecule has 0 aliphatic rings. The molecule has 1 heterocycles. The van der Waals surface area contributed by atoms with Crippen LogP contribution in [-0.2, 0) is 11.1 Å². The number of nitrogens with zero attached hydrogens (tertiary/aromatic N) is 2. The van der Waals surface area contributed by atoms with Gasteiger partial charge >= 0.3 is 29.6 Å². The molecule has 8 heteroatoms. The maximum atomic E-state index is 11.0. The molecule has 0 radical (unpaired) electrons. The van der Waals surface area contributed by atoms with Gasteiger partial charge in [-0.05, 0) is 30.3 Å². The zero-order valence-electron chi connectivity index (χ0n) is 11.1. The second-order valence-corrected chi connectivity index (χ2v) is 6.31. The van der Waals surface area contributed by atoms with E-state index in [0.717, 1.165) is 16.9 Å². The molecule has 23 heavy (non-hydrogen) atoms. The zero-order valence-corrected chi connectivity index (χ0v) is 13.4. The molecule has 4 nitrogen and oxygen atoms in total. The summed E-state index contributed by atoms with van der Waals surface area (Å²) in [6.45, 7) is 0. The molecule has 0 bridgehead atoms. The fourth-order valence-corrected chi connectivity index (χ4v) is 2.84. The van der Waals surface area contributed by atoms with Crippen LogP contribution in [0.25, 0.3) is 16.9 Å². The number of rotatable bonds is 3. The van der Waals surface area contributed by atoms with E-state index in [0.29, 0.717) is 15.1 Å². The maximum absolute atomic E-state index is 11.0. The van der Waals surface area contributed by atoms with Gasteiger partial charge in [0.25, 0.3) is 0 Å². The van der Waals surface area contributed by atoms with Gasteiger partial charge in [-0.1, -0.05) is 41.4 Å². The van der Waals surface area contributed by atoms with Crippen molar-refractivity contribution in [3.05, 3.63) is 64.8 Å². The van der Waals surface area contributed by atoms with Gasteiger partial charge < -0.3 is 4.55 Å². The molecule has 2 aromatic carbocycles. The molecular formula is C15H11Cl2N2NaO2S. The van der Waals surface area contributed by atoms with Crippen LogP contribution in [0.5, 0.6) is 0 Å². The van der Waals surface area contributed by atoms with E-state index >= 15 is 0 Å². The van der Waals surface area contributed by atoms with Gasteiger partial charge in [-0.2, -0.15) is 5.10 Å². The number of halogens is 2. The number of hydrogen-bond acceptors (Lipinski definition) is 2. The zero-order chi connectivity index (χ0) is 15.7. The Kier molecular flexibility index (Phi) is 6.45. The van der Waals surface area contributed by atoms with Crippen molar-refractivity contribution in [2.45, 2.75) is 4.90 Å². The molecule has 1 atom stereocenters. The number of hydrogen-bond donors (Lipinski definition) is 1. The Labute approximate surface area is 168 Å². The number of benzene rings is 2. The van der Waals surface area contributed by atoms with Gasteiger partial charge in [0.15, 0.2) is 16.2 Å². The summed E-state index contributed by atoms with van der Waals surface area (Å²) in [4.78, 5) is 0.337. The quantitative estimate of drug-likeness (QED) is 0.558. The summed E-state index contributed by atoms with van der Waals surface area (Å²) < 4.78 is 21.8. The molecule has 1 N–H and O–H groups in total. The Balaban J connectivity index is 0.00000192. The third-order valence-corrected chi connectivity index (χ3v) is 4.18. The van der Waals surface area contributed by atoms with Crippen molar-refractivity contribution in [3.63, 3.8) is 0 Å². The first kappa shape index (κ1) is 18.7. The van der Waals surface area contributed by atoms with Crippen LogP contribution in [0, 0.1) is 0 Å². The third-order valence-electron chi connectivity index (χ3n) is 3.08. The van der Waals surface area contributed by atoms with Crippen LogP contribution in [0.15, 0.2) is 59.5 Å². The third kappa shape index (κ3) is 4.25. The first-order valence-electron chi connectivity index (χ1n) is 6.27. The van der Waals surface area contributed by atoms with Crippen LogP contribution >= 0.6 is 23.2 Å². The average Bonchev–Trinajstić information content (AvgIpc) is 2.89. The van der Waals surface area contributed by atoms with Crippen molar-refractivity contribution in [1.29, 1.82) is 0 Å². The molecule has 0 saturated heterocycles. The van der Waals surface area contributed by atoms with Crippen molar-refractivity contribution < 1.29 is 8.76 Å². The fourth-order valence-electron chi connectivity index (χ4n) is 2.10. The van der Waals surface area contributed by atoms with Gasteiger partial charge in [0.2, 0.25) is 0 Å². The summed E-state index contributed by atoms with van der Waals surface area (Å²) in [6.07, 6.45) is 0. The second-order valence-electron chi connectivity index (χ2n) is 4.52. The molecule has 0 amide bonds. The van der Waals surface area contributed by atoms with Crippen molar-refractivity contribution in [3.8, 4) is 16.9 Å². The molecule has 0 spiro atoms. The minimum absolute atomic E-state index is 0. The standard InChI is InChI=1S/C15H10Cl2N2O2S.Na.H/c16-11-2-1-3-12(8-11)19-14(9-15(17)18-19)10-4-6-13(7-5-10)22(20)21;;/h1-9H,(H,20,21);;. The normalized spacial score (nSPS) is 11.8. The Morgan fingerprint density at radius 3 is 2.35 bits per heavy atom. The average molecular weight is 377 g/mol. The Hall–Kier alpha value is -0.660. The molecule has 0 saturated carbocycles. The molecule has 0 aliphatic heterocycles. The monoisotopic (exact) mass is 376 g/mol. The molecule has 114 valence electrons. The molecule has 3 rings (SSSR count). The van der Waals surface area contributed by atoms with E-state index in [1.807, 2.05) is 12.1 Å². The Morgan fingerprint density at radius 2 is 1.74 bits per heavy atom. The SMILES string of the molecule is O=S(O)c1ccc(-c2cc(Cl)nn2-c2cccc(Cl)c2)cc1.[NaH]. The van der Waals surface area contributed by atoms with Gasteiger partial charge in [-0.3, -0.25) is 0 Å². The molecular weight excluding hydrogens is 366 g/mol. The molecule has 1 unspecified atom stereocenters. The van der Waals surface area contributed by atoms with Crippen LogP contribution in [0.2, 0.25) is 10.2 Å². The van der Waals surface area contributed by atoms with Gasteiger partial charge in [-0.25, -0.2) is 8.89 Å². The predicted molar refractivity (Wildman–Crippen MR) is 95.2 cm³/mol. The summed E-state index contributed by atoms with van der Waals surface area (Å²) in [6, 6.07) is 15.7. The summed E-state index contributed by atoms with van der Waals surface area (Å²) in [5.41, 5.74) is 2.38. The van der Waals surface area contributed by atoms with Crippen LogP contribution in [0.1, 0.15) is 0 Å². The number of aromatic nitrogens is 2. The second kappa shape index (κ2) is 7.94. The molecule has 3 aromatic rings. The Bertz CT molecular complexity index is 853. The summed E-state index contributed by atoms with van der Waals surface area (Å²) in [5.74, 6) is 0. The van der Waals surface area contributed by atoms with Crippen molar-refractivity contribution in [1.82, 2.24) is 9.78 Å². The van der Waals surface area contributed by atoms with Crippen molar-refractivity contribution in [2.24, 2.45) is 0 Å². The summed E-state index contributed by atoms with van der Waals surface area (Å²) in [7, 11) is 0. The van der Waals surface area contributed by atoms with Crippen LogP contribution < -0.4 is 0 Å². The van der Waals surface area contributed by atoms with Gasteiger partial charge in [0, 0.05) is 16.7 Å². The van der Waals surface area contributed by atoms with E-state index in [4.69, 9.17) is 27.8 Å². The molecule has 0 aliphatic carbocycles. The van der Waals surface area contributed by atoms with Gasteiger partial charge in [0.1, 0.15) is 0 Å². The van der Waals surface area contributed by atoms with Crippen LogP contribution in [0.4, 0.5) is 0 Å². The minimum atomic E-state index is -2.00. The van der Waals surface area contributed by atoms with Crippen LogP contribution in [0.3, 0.4) is 0 Å². The molecule has 0 fully saturated rings. The van der Waals surface area contributed by atoms with Crippen LogP contribution in [-0.4, -0.2) is 48.1 Å². The van der Waals surface area contributed by atoms with E-state index in [-0.39, 0.29) is 29.6 Å². The first-order chi connectivity index (χ1) is 10.5. The summed E-state index contributed by atoms with van der Waals surface area (Å²) in [5, 5.41) is 5.22. The van der Waals surface area contributed by atoms with E-state index in [1.54, 1.807) is 47.1 Å². The Morgan fingerprint density at radius 1 is 1.04 bits per heavy atom. The van der Waals surface area contributed by atoms with E-state index in [1.165, 1.54) is 0 Å². The molecule has 1 aromatic heterocycles. The van der Waals surface area contributed by atoms with Gasteiger partial charge in [0.05, 0.1) is 16.3 Å². The predicted octanol–water partition coefficient (Wildman–Crippen LogP) is 3.78. The van der Waals surface area contributed by atoms with E-state index < -0.39 is 11.1 Å². The topological polar surface area (TPSA) is 55.1 Å². The van der Waals surface area contributed by atoms with Gasteiger partial charge in [-0.15, -0.1) is 0 Å². The van der Waals surface area contributed by atoms with E-state index in [2.05, 4.69) is 5.10 Å². The van der Waals surface area contributed by atoms with Crippen molar-refractivity contribution >= 4 is 63.8 Å². The van der Waals surface area contributed by atoms with Crippen molar-refractivity contribution in [2.75, 3.05) is 0 Å². The first-order valence-corrected chi connectivity index (χ1v) is 8.13.